The van der Waals surface area contributed by atoms with Gasteiger partial charge in [-0.2, -0.15) is 0 Å². The van der Waals surface area contributed by atoms with E-state index in [1.807, 2.05) is 0 Å². The highest BCUT2D eigenvalue weighted by molar-refractivity contribution is 5.91. The maximum absolute atomic E-state index is 2.45. The molecule has 0 atom stereocenters. The first-order valence-corrected chi connectivity index (χ1v) is 17.4. The lowest BCUT2D eigenvalue weighted by Crippen LogP contribution is -2.16. The van der Waals surface area contributed by atoms with E-state index in [4.69, 9.17) is 0 Å². The first kappa shape index (κ1) is 29.9. The van der Waals surface area contributed by atoms with E-state index in [9.17, 15) is 0 Å². The second kappa shape index (κ2) is 12.1. The molecule has 0 bridgehead atoms. The molecule has 0 aliphatic heterocycles. The van der Waals surface area contributed by atoms with E-state index in [1.54, 1.807) is 0 Å². The number of nitrogens with zero attached hydrogens (tertiary/aromatic N) is 1. The molecule has 238 valence electrons. The molecule has 9 rings (SSSR count). The minimum atomic E-state index is -0.109. The quantitative estimate of drug-likeness (QED) is 0.175. The van der Waals surface area contributed by atoms with Crippen LogP contribution in [0.5, 0.6) is 0 Å². The first-order valence-electron chi connectivity index (χ1n) is 17.4. The Morgan fingerprint density at radius 1 is 0.320 bits per heavy atom. The van der Waals surface area contributed by atoms with Gasteiger partial charge in [0.25, 0.3) is 0 Å². The summed E-state index contributed by atoms with van der Waals surface area (Å²) >= 11 is 0. The largest absolute Gasteiger partial charge is 0.310 e. The predicted octanol–water partition coefficient (Wildman–Crippen LogP) is 13.6. The summed E-state index contributed by atoms with van der Waals surface area (Å²) in [4.78, 5) is 2.45. The Morgan fingerprint density at radius 2 is 0.880 bits per heavy atom. The van der Waals surface area contributed by atoms with Gasteiger partial charge in [0.2, 0.25) is 0 Å². The minimum absolute atomic E-state index is 0.109. The highest BCUT2D eigenvalue weighted by Crippen LogP contribution is 2.51. The van der Waals surface area contributed by atoms with Crippen LogP contribution in [0.2, 0.25) is 0 Å². The molecule has 0 spiro atoms. The van der Waals surface area contributed by atoms with Crippen molar-refractivity contribution in [1.29, 1.82) is 0 Å². The van der Waals surface area contributed by atoms with Crippen molar-refractivity contribution in [3.05, 3.63) is 199 Å². The van der Waals surface area contributed by atoms with Gasteiger partial charge >= 0.3 is 0 Å². The van der Waals surface area contributed by atoms with Gasteiger partial charge in [0.1, 0.15) is 0 Å². The van der Waals surface area contributed by atoms with E-state index in [0.717, 1.165) is 17.1 Å². The second-order valence-electron chi connectivity index (χ2n) is 13.8. The summed E-state index contributed by atoms with van der Waals surface area (Å²) in [6, 6.07) is 68.8. The lowest BCUT2D eigenvalue weighted by atomic mass is 9.82. The van der Waals surface area contributed by atoms with Gasteiger partial charge < -0.3 is 4.90 Å². The summed E-state index contributed by atoms with van der Waals surface area (Å²) in [5.41, 5.74) is 15.8. The van der Waals surface area contributed by atoms with Crippen molar-refractivity contribution in [1.82, 2.24) is 0 Å². The Morgan fingerprint density at radius 3 is 1.62 bits per heavy atom. The standard InChI is InChI=1S/C49H37N/c1-49(2)47-23-12-11-22-45(47)46-27-26-43(33-48(46)49)50(42-21-13-20-38(30-42)39-25-24-36-18-9-10-19-37(36)28-39)44-31-40(34-14-5-3-6-15-34)29-41(32-44)35-16-7-4-8-17-35/h3-33H,1-2H3. The van der Waals surface area contributed by atoms with Gasteiger partial charge in [-0.25, -0.2) is 0 Å². The number of hydrogen-bond acceptors (Lipinski definition) is 1. The maximum atomic E-state index is 2.45. The van der Waals surface area contributed by atoms with Crippen molar-refractivity contribution in [3.8, 4) is 44.5 Å². The average Bonchev–Trinajstić information content (AvgIpc) is 3.41. The summed E-state index contributed by atoms with van der Waals surface area (Å²) < 4.78 is 0. The van der Waals surface area contributed by atoms with Gasteiger partial charge in [-0.3, -0.25) is 0 Å². The monoisotopic (exact) mass is 639 g/mol. The topological polar surface area (TPSA) is 3.24 Å². The molecule has 50 heavy (non-hydrogen) atoms. The van der Waals surface area contributed by atoms with Crippen molar-refractivity contribution in [3.63, 3.8) is 0 Å². The molecule has 0 saturated carbocycles. The third-order valence-corrected chi connectivity index (χ3v) is 10.4. The van der Waals surface area contributed by atoms with Crippen LogP contribution in [-0.4, -0.2) is 0 Å². The highest BCUT2D eigenvalue weighted by Gasteiger charge is 2.35. The van der Waals surface area contributed by atoms with Crippen LogP contribution in [0.1, 0.15) is 25.0 Å². The summed E-state index contributed by atoms with van der Waals surface area (Å²) in [5.74, 6) is 0. The molecule has 1 aliphatic carbocycles. The molecular weight excluding hydrogens is 603 g/mol. The van der Waals surface area contributed by atoms with Crippen LogP contribution in [0.15, 0.2) is 188 Å². The van der Waals surface area contributed by atoms with Crippen LogP contribution < -0.4 is 4.90 Å². The smallest absolute Gasteiger partial charge is 0.0473 e. The Balaban J connectivity index is 1.27. The predicted molar refractivity (Wildman–Crippen MR) is 213 cm³/mol. The normalized spacial score (nSPS) is 12.8. The van der Waals surface area contributed by atoms with Crippen molar-refractivity contribution in [2.75, 3.05) is 4.90 Å². The maximum Gasteiger partial charge on any atom is 0.0473 e. The summed E-state index contributed by atoms with van der Waals surface area (Å²) in [6.07, 6.45) is 0. The molecule has 0 heterocycles. The third kappa shape index (κ3) is 5.19. The van der Waals surface area contributed by atoms with Crippen LogP contribution in [0.3, 0.4) is 0 Å². The lowest BCUT2D eigenvalue weighted by Gasteiger charge is -2.29. The van der Waals surface area contributed by atoms with Crippen molar-refractivity contribution in [2.45, 2.75) is 19.3 Å². The fourth-order valence-corrected chi connectivity index (χ4v) is 7.81. The van der Waals surface area contributed by atoms with Crippen molar-refractivity contribution < 1.29 is 0 Å². The molecule has 0 unspecified atom stereocenters. The van der Waals surface area contributed by atoms with Crippen LogP contribution in [-0.2, 0) is 5.41 Å². The molecule has 0 N–H and O–H groups in total. The molecular formula is C49H37N. The molecule has 0 amide bonds. The number of hydrogen-bond donors (Lipinski definition) is 0. The van der Waals surface area contributed by atoms with Crippen LogP contribution in [0, 0.1) is 0 Å². The zero-order chi connectivity index (χ0) is 33.7. The fraction of sp³-hybridized carbons (Fsp3) is 0.0612. The third-order valence-electron chi connectivity index (χ3n) is 10.4. The van der Waals surface area contributed by atoms with E-state index in [0.29, 0.717) is 0 Å². The highest BCUT2D eigenvalue weighted by atomic mass is 15.1. The van der Waals surface area contributed by atoms with E-state index in [-0.39, 0.29) is 5.41 Å². The number of benzene rings is 8. The van der Waals surface area contributed by atoms with Crippen LogP contribution in [0.4, 0.5) is 17.1 Å². The van der Waals surface area contributed by atoms with Gasteiger partial charge in [-0.15, -0.1) is 0 Å². The number of rotatable bonds is 6. The lowest BCUT2D eigenvalue weighted by molar-refractivity contribution is 0.660. The van der Waals surface area contributed by atoms with E-state index < -0.39 is 0 Å². The molecule has 1 nitrogen and oxygen atoms in total. The zero-order valence-electron chi connectivity index (χ0n) is 28.3. The summed E-state index contributed by atoms with van der Waals surface area (Å²) in [6.45, 7) is 4.71. The van der Waals surface area contributed by atoms with Crippen LogP contribution in [0.25, 0.3) is 55.3 Å². The molecule has 0 radical (unpaired) electrons. The zero-order valence-corrected chi connectivity index (χ0v) is 28.3. The molecule has 0 saturated heterocycles. The van der Waals surface area contributed by atoms with Gasteiger partial charge in [0.15, 0.2) is 0 Å². The molecule has 0 aromatic heterocycles. The van der Waals surface area contributed by atoms with Gasteiger partial charge in [0.05, 0.1) is 0 Å². The minimum Gasteiger partial charge on any atom is -0.310 e. The van der Waals surface area contributed by atoms with Crippen molar-refractivity contribution in [2.24, 2.45) is 0 Å². The SMILES string of the molecule is CC1(C)c2ccccc2-c2ccc(N(c3cccc(-c4ccc5ccccc5c4)c3)c3cc(-c4ccccc4)cc(-c4ccccc4)c3)cc21. The van der Waals surface area contributed by atoms with Crippen molar-refractivity contribution >= 4 is 27.8 Å². The Labute approximate surface area is 294 Å². The van der Waals surface area contributed by atoms with Crippen LogP contribution >= 0.6 is 0 Å². The average molecular weight is 640 g/mol. The Kier molecular flexibility index (Phi) is 7.21. The van der Waals surface area contributed by atoms with Gasteiger partial charge in [0, 0.05) is 22.5 Å². The van der Waals surface area contributed by atoms with Gasteiger partial charge in [-0.05, 0) is 115 Å². The first-order chi connectivity index (χ1) is 24.5. The summed E-state index contributed by atoms with van der Waals surface area (Å²) in [5, 5.41) is 2.50. The van der Waals surface area contributed by atoms with E-state index >= 15 is 0 Å². The number of anilines is 3. The van der Waals surface area contributed by atoms with E-state index in [2.05, 4.69) is 207 Å². The Bertz CT molecular complexity index is 2450. The number of fused-ring (bicyclic) bond motifs is 4. The molecule has 0 fully saturated rings. The second-order valence-corrected chi connectivity index (χ2v) is 13.8. The fourth-order valence-electron chi connectivity index (χ4n) is 7.81. The molecule has 8 aromatic rings. The van der Waals surface area contributed by atoms with Gasteiger partial charge in [-0.1, -0.05) is 153 Å². The van der Waals surface area contributed by atoms with E-state index in [1.165, 1.54) is 66.4 Å². The molecule has 8 aromatic carbocycles. The molecule has 1 aliphatic rings. The summed E-state index contributed by atoms with van der Waals surface area (Å²) in [7, 11) is 0. The Hall–Kier alpha value is -6.18. The molecule has 1 heteroatoms.